The Morgan fingerprint density at radius 1 is 1.04 bits per heavy atom. The zero-order chi connectivity index (χ0) is 17.5. The van der Waals surface area contributed by atoms with E-state index in [-0.39, 0.29) is 5.84 Å². The molecule has 0 radical (unpaired) electrons. The van der Waals surface area contributed by atoms with E-state index in [0.29, 0.717) is 11.7 Å². The second-order valence-corrected chi connectivity index (χ2v) is 4.91. The van der Waals surface area contributed by atoms with Crippen LogP contribution in [0.25, 0.3) is 11.1 Å². The number of hydrogen-bond acceptors (Lipinski definition) is 6. The molecule has 0 bridgehead atoms. The maximum absolute atomic E-state index is 7.82. The minimum Gasteiger partial charge on any atom is -0.467 e. The van der Waals surface area contributed by atoms with Gasteiger partial charge in [-0.1, -0.05) is 23.4 Å². The molecule has 0 aliphatic rings. The first-order chi connectivity index (χ1) is 12.3. The first-order valence-corrected chi connectivity index (χ1v) is 7.39. The summed E-state index contributed by atoms with van der Waals surface area (Å²) in [4.78, 5) is 12.2. The van der Waals surface area contributed by atoms with Gasteiger partial charge in [0.2, 0.25) is 0 Å². The molecule has 2 N–H and O–H groups in total. The van der Waals surface area contributed by atoms with Gasteiger partial charge in [-0.05, 0) is 29.8 Å². The van der Waals surface area contributed by atoms with E-state index >= 15 is 0 Å². The number of nitrogens with zero attached hydrogens (tertiary/aromatic N) is 5. The van der Waals surface area contributed by atoms with Crippen LogP contribution in [-0.4, -0.2) is 27.9 Å². The SMILES string of the molecule is COc1ncc(-c2cccc(N/N=N\C(=N)c3ccccn3)c2)cn1. The third kappa shape index (κ3) is 4.20. The summed E-state index contributed by atoms with van der Waals surface area (Å²) in [5, 5.41) is 15.5. The highest BCUT2D eigenvalue weighted by Gasteiger charge is 2.02. The highest BCUT2D eigenvalue weighted by Crippen LogP contribution is 2.22. The summed E-state index contributed by atoms with van der Waals surface area (Å²) in [6.45, 7) is 0. The molecule has 0 spiro atoms. The fourth-order valence-corrected chi connectivity index (χ4v) is 2.03. The quantitative estimate of drug-likeness (QED) is 0.322. The lowest BCUT2D eigenvalue weighted by atomic mass is 10.1. The van der Waals surface area contributed by atoms with E-state index < -0.39 is 0 Å². The molecule has 8 nitrogen and oxygen atoms in total. The van der Waals surface area contributed by atoms with Crippen LogP contribution in [0, 0.1) is 5.41 Å². The maximum Gasteiger partial charge on any atom is 0.316 e. The van der Waals surface area contributed by atoms with E-state index in [0.717, 1.165) is 16.8 Å². The summed E-state index contributed by atoms with van der Waals surface area (Å²) in [5.74, 6) is -0.0205. The van der Waals surface area contributed by atoms with Crippen molar-refractivity contribution in [2.45, 2.75) is 0 Å². The largest absolute Gasteiger partial charge is 0.467 e. The van der Waals surface area contributed by atoms with E-state index in [1.54, 1.807) is 36.8 Å². The minimum atomic E-state index is -0.0205. The van der Waals surface area contributed by atoms with Gasteiger partial charge in [0, 0.05) is 24.2 Å². The lowest BCUT2D eigenvalue weighted by Gasteiger charge is -2.04. The summed E-state index contributed by atoms with van der Waals surface area (Å²) in [5.41, 5.74) is 5.75. The lowest BCUT2D eigenvalue weighted by Crippen LogP contribution is -1.98. The zero-order valence-electron chi connectivity index (χ0n) is 13.4. The topological polar surface area (TPSA) is 108 Å². The smallest absolute Gasteiger partial charge is 0.316 e. The molecule has 0 aliphatic carbocycles. The Morgan fingerprint density at radius 3 is 2.60 bits per heavy atom. The molecule has 3 aromatic rings. The fraction of sp³-hybridized carbons (Fsp3) is 0.0588. The molecule has 2 heterocycles. The Morgan fingerprint density at radius 2 is 1.88 bits per heavy atom. The predicted molar refractivity (Wildman–Crippen MR) is 93.6 cm³/mol. The van der Waals surface area contributed by atoms with Crippen LogP contribution in [0.2, 0.25) is 0 Å². The van der Waals surface area contributed by atoms with Gasteiger partial charge in [0.1, 0.15) is 5.69 Å². The first-order valence-electron chi connectivity index (χ1n) is 7.39. The molecule has 2 aromatic heterocycles. The van der Waals surface area contributed by atoms with Crippen molar-refractivity contribution in [3.8, 4) is 17.1 Å². The van der Waals surface area contributed by atoms with Crippen LogP contribution >= 0.6 is 0 Å². The number of hydrogen-bond donors (Lipinski definition) is 2. The van der Waals surface area contributed by atoms with Crippen LogP contribution in [0.15, 0.2) is 71.4 Å². The van der Waals surface area contributed by atoms with Gasteiger partial charge in [-0.25, -0.2) is 9.97 Å². The molecule has 0 unspecified atom stereocenters. The Kier molecular flexibility index (Phi) is 5.01. The molecule has 0 amide bonds. The molecule has 0 saturated heterocycles. The number of ether oxygens (including phenoxy) is 1. The van der Waals surface area contributed by atoms with Gasteiger partial charge in [-0.2, -0.15) is 0 Å². The summed E-state index contributed by atoms with van der Waals surface area (Å²) in [7, 11) is 1.52. The second-order valence-electron chi connectivity index (χ2n) is 4.91. The van der Waals surface area contributed by atoms with E-state index in [9.17, 15) is 0 Å². The van der Waals surface area contributed by atoms with Gasteiger partial charge >= 0.3 is 6.01 Å². The number of nitrogens with one attached hydrogen (secondary N) is 2. The first kappa shape index (κ1) is 16.2. The number of aromatic nitrogens is 3. The second kappa shape index (κ2) is 7.73. The average Bonchev–Trinajstić information content (AvgIpc) is 2.69. The Balaban J connectivity index is 1.69. The molecule has 3 rings (SSSR count). The van der Waals surface area contributed by atoms with Crippen LogP contribution in [-0.2, 0) is 0 Å². The lowest BCUT2D eigenvalue weighted by molar-refractivity contribution is 0.380. The minimum absolute atomic E-state index is 0.0205. The van der Waals surface area contributed by atoms with Gasteiger partial charge in [0.25, 0.3) is 0 Å². The van der Waals surface area contributed by atoms with Gasteiger partial charge in [0.05, 0.1) is 12.8 Å². The fourth-order valence-electron chi connectivity index (χ4n) is 2.03. The van der Waals surface area contributed by atoms with Crippen molar-refractivity contribution in [1.29, 1.82) is 5.41 Å². The Hall–Kier alpha value is -3.68. The predicted octanol–water partition coefficient (Wildman–Crippen LogP) is 3.35. The Bertz CT molecular complexity index is 879. The molecular weight excluding hydrogens is 318 g/mol. The van der Waals surface area contributed by atoms with Crippen LogP contribution < -0.4 is 10.2 Å². The van der Waals surface area contributed by atoms with Crippen molar-refractivity contribution in [3.63, 3.8) is 0 Å². The number of anilines is 1. The van der Waals surface area contributed by atoms with Crippen LogP contribution in [0.5, 0.6) is 6.01 Å². The van der Waals surface area contributed by atoms with E-state index in [2.05, 4.69) is 30.7 Å². The van der Waals surface area contributed by atoms with Crippen molar-refractivity contribution in [2.75, 3.05) is 12.5 Å². The number of benzene rings is 1. The van der Waals surface area contributed by atoms with Gasteiger partial charge in [-0.3, -0.25) is 15.8 Å². The molecule has 8 heteroatoms. The highest BCUT2D eigenvalue weighted by molar-refractivity contribution is 5.94. The molecule has 25 heavy (non-hydrogen) atoms. The number of pyridine rings is 1. The number of methoxy groups -OCH3 is 1. The van der Waals surface area contributed by atoms with E-state index in [4.69, 9.17) is 10.1 Å². The normalized spacial score (nSPS) is 10.6. The molecule has 0 aliphatic heterocycles. The molecule has 1 aromatic carbocycles. The van der Waals surface area contributed by atoms with Crippen LogP contribution in [0.3, 0.4) is 0 Å². The monoisotopic (exact) mass is 333 g/mol. The van der Waals surface area contributed by atoms with Crippen molar-refractivity contribution >= 4 is 11.5 Å². The number of amidine groups is 1. The summed E-state index contributed by atoms with van der Waals surface area (Å²) < 4.78 is 4.95. The van der Waals surface area contributed by atoms with Gasteiger partial charge in [0.15, 0.2) is 5.84 Å². The maximum atomic E-state index is 7.82. The van der Waals surface area contributed by atoms with Crippen molar-refractivity contribution in [2.24, 2.45) is 10.3 Å². The number of rotatable bonds is 5. The van der Waals surface area contributed by atoms with Crippen molar-refractivity contribution in [3.05, 3.63) is 66.7 Å². The molecule has 0 saturated carbocycles. The zero-order valence-corrected chi connectivity index (χ0v) is 13.4. The molecule has 0 atom stereocenters. The molecule has 124 valence electrons. The summed E-state index contributed by atoms with van der Waals surface area (Å²) in [6.07, 6.45) is 4.97. The molecular formula is C17H15N7O. The average molecular weight is 333 g/mol. The highest BCUT2D eigenvalue weighted by atomic mass is 16.5. The Labute approximate surface area is 144 Å². The van der Waals surface area contributed by atoms with Gasteiger partial charge in [-0.15, -0.1) is 5.11 Å². The van der Waals surface area contributed by atoms with Crippen molar-refractivity contribution in [1.82, 2.24) is 15.0 Å². The van der Waals surface area contributed by atoms with E-state index in [1.807, 2.05) is 24.3 Å². The van der Waals surface area contributed by atoms with Gasteiger partial charge < -0.3 is 4.74 Å². The van der Waals surface area contributed by atoms with Crippen molar-refractivity contribution < 1.29 is 4.74 Å². The standard InChI is InChI=1S/C17H15N7O/c1-25-17-20-10-13(11-21-17)12-5-4-6-14(9-12)22-24-23-16(18)15-7-2-3-8-19-15/h2-11H,1H3,(H2,18,22,23). The third-order valence-corrected chi connectivity index (χ3v) is 3.24. The summed E-state index contributed by atoms with van der Waals surface area (Å²) >= 11 is 0. The van der Waals surface area contributed by atoms with Crippen LogP contribution in [0.1, 0.15) is 5.69 Å². The van der Waals surface area contributed by atoms with E-state index in [1.165, 1.54) is 7.11 Å². The molecule has 0 fully saturated rings. The third-order valence-electron chi connectivity index (χ3n) is 3.24. The van der Waals surface area contributed by atoms with Crippen LogP contribution in [0.4, 0.5) is 5.69 Å². The summed E-state index contributed by atoms with van der Waals surface area (Å²) in [6, 6.07) is 13.1.